The van der Waals surface area contributed by atoms with Gasteiger partial charge in [-0.15, -0.1) is 0 Å². The molecule has 2 atom stereocenters. The standard InChI is InChI=1S/C9H16/c1-2-7-5-6-9(7)8-3-4-8/h7-9H,2-6H2,1H3. The molecule has 0 aliphatic heterocycles. The van der Waals surface area contributed by atoms with Crippen LogP contribution in [0, 0.1) is 17.8 Å². The molecule has 2 rings (SSSR count). The van der Waals surface area contributed by atoms with E-state index in [-0.39, 0.29) is 0 Å². The van der Waals surface area contributed by atoms with Crippen molar-refractivity contribution in [2.24, 2.45) is 17.8 Å². The minimum absolute atomic E-state index is 1.14. The Balaban J connectivity index is 1.83. The maximum absolute atomic E-state index is 2.35. The van der Waals surface area contributed by atoms with E-state index in [4.69, 9.17) is 0 Å². The highest BCUT2D eigenvalue weighted by Gasteiger charge is 2.40. The molecule has 9 heavy (non-hydrogen) atoms. The Morgan fingerprint density at radius 2 is 1.89 bits per heavy atom. The van der Waals surface area contributed by atoms with E-state index in [1.807, 2.05) is 0 Å². The second-order valence-electron chi connectivity index (χ2n) is 3.75. The molecule has 0 saturated heterocycles. The third kappa shape index (κ3) is 0.889. The maximum Gasteiger partial charge on any atom is -0.0357 e. The summed E-state index contributed by atoms with van der Waals surface area (Å²) < 4.78 is 0. The highest BCUT2D eigenvalue weighted by atomic mass is 14.5. The molecule has 0 radical (unpaired) electrons. The van der Waals surface area contributed by atoms with E-state index in [0.29, 0.717) is 0 Å². The quantitative estimate of drug-likeness (QED) is 0.531. The van der Waals surface area contributed by atoms with Crippen LogP contribution < -0.4 is 0 Å². The van der Waals surface area contributed by atoms with Crippen molar-refractivity contribution in [1.82, 2.24) is 0 Å². The Morgan fingerprint density at radius 1 is 1.11 bits per heavy atom. The van der Waals surface area contributed by atoms with Gasteiger partial charge in [0.2, 0.25) is 0 Å². The zero-order valence-electron chi connectivity index (χ0n) is 6.27. The van der Waals surface area contributed by atoms with Crippen LogP contribution in [0.25, 0.3) is 0 Å². The normalized spacial score (nSPS) is 42.3. The summed E-state index contributed by atoms with van der Waals surface area (Å²) in [5.74, 6) is 3.50. The first-order valence-electron chi connectivity index (χ1n) is 4.42. The Hall–Kier alpha value is 0. The lowest BCUT2D eigenvalue weighted by Gasteiger charge is -2.36. The second kappa shape index (κ2) is 2.00. The fraction of sp³-hybridized carbons (Fsp3) is 1.00. The van der Waals surface area contributed by atoms with Crippen molar-refractivity contribution in [2.45, 2.75) is 39.0 Å². The van der Waals surface area contributed by atoms with Crippen molar-refractivity contribution < 1.29 is 0 Å². The summed E-state index contributed by atoms with van der Waals surface area (Å²) in [5, 5.41) is 0. The monoisotopic (exact) mass is 124 g/mol. The van der Waals surface area contributed by atoms with E-state index in [9.17, 15) is 0 Å². The zero-order valence-corrected chi connectivity index (χ0v) is 6.27. The van der Waals surface area contributed by atoms with E-state index in [0.717, 1.165) is 5.92 Å². The summed E-state index contributed by atoms with van der Waals surface area (Å²) >= 11 is 0. The van der Waals surface area contributed by atoms with Crippen LogP contribution in [0.1, 0.15) is 39.0 Å². The molecule has 0 aromatic carbocycles. The van der Waals surface area contributed by atoms with Gasteiger partial charge in [0.15, 0.2) is 0 Å². The van der Waals surface area contributed by atoms with Gasteiger partial charge in [-0.1, -0.05) is 13.3 Å². The third-order valence-corrected chi connectivity index (χ3v) is 3.23. The van der Waals surface area contributed by atoms with Gasteiger partial charge in [-0.25, -0.2) is 0 Å². The minimum Gasteiger partial charge on any atom is -0.0651 e. The lowest BCUT2D eigenvalue weighted by molar-refractivity contribution is 0.145. The molecular formula is C9H16. The first-order chi connectivity index (χ1) is 4.42. The Kier molecular flexibility index (Phi) is 1.28. The summed E-state index contributed by atoms with van der Waals surface area (Å²) in [7, 11) is 0. The average Bonchev–Trinajstić information content (AvgIpc) is 2.48. The van der Waals surface area contributed by atoms with E-state index in [2.05, 4.69) is 6.92 Å². The molecule has 0 amide bonds. The number of rotatable bonds is 2. The predicted octanol–water partition coefficient (Wildman–Crippen LogP) is 2.83. The highest BCUT2D eigenvalue weighted by Crippen LogP contribution is 2.51. The fourth-order valence-corrected chi connectivity index (χ4v) is 2.25. The summed E-state index contributed by atoms with van der Waals surface area (Å²) in [6, 6.07) is 0. The van der Waals surface area contributed by atoms with Crippen molar-refractivity contribution in [3.05, 3.63) is 0 Å². The van der Waals surface area contributed by atoms with Crippen LogP contribution in [-0.2, 0) is 0 Å². The van der Waals surface area contributed by atoms with Crippen molar-refractivity contribution in [2.75, 3.05) is 0 Å². The van der Waals surface area contributed by atoms with Crippen LogP contribution in [0.15, 0.2) is 0 Å². The molecule has 52 valence electrons. The van der Waals surface area contributed by atoms with Crippen molar-refractivity contribution in [3.8, 4) is 0 Å². The van der Waals surface area contributed by atoms with Gasteiger partial charge in [-0.05, 0) is 43.4 Å². The van der Waals surface area contributed by atoms with Gasteiger partial charge in [0, 0.05) is 0 Å². The van der Waals surface area contributed by atoms with Crippen LogP contribution >= 0.6 is 0 Å². The molecule has 0 spiro atoms. The predicted molar refractivity (Wildman–Crippen MR) is 39.2 cm³/mol. The van der Waals surface area contributed by atoms with Gasteiger partial charge in [0.1, 0.15) is 0 Å². The van der Waals surface area contributed by atoms with E-state index < -0.39 is 0 Å². The summed E-state index contributed by atoms with van der Waals surface area (Å²) in [6.07, 6.45) is 7.66. The fourth-order valence-electron chi connectivity index (χ4n) is 2.25. The molecule has 0 nitrogen and oxygen atoms in total. The van der Waals surface area contributed by atoms with Gasteiger partial charge < -0.3 is 0 Å². The molecule has 2 aliphatic rings. The zero-order chi connectivity index (χ0) is 6.27. The molecule has 0 heterocycles. The lowest BCUT2D eigenvalue weighted by atomic mass is 9.70. The van der Waals surface area contributed by atoms with Gasteiger partial charge in [-0.2, -0.15) is 0 Å². The third-order valence-electron chi connectivity index (χ3n) is 3.23. The minimum atomic E-state index is 1.14. The Morgan fingerprint density at radius 3 is 2.22 bits per heavy atom. The van der Waals surface area contributed by atoms with E-state index in [1.54, 1.807) is 19.3 Å². The summed E-state index contributed by atoms with van der Waals surface area (Å²) in [4.78, 5) is 0. The van der Waals surface area contributed by atoms with Crippen molar-refractivity contribution >= 4 is 0 Å². The molecular weight excluding hydrogens is 108 g/mol. The molecule has 0 aromatic rings. The van der Waals surface area contributed by atoms with E-state index >= 15 is 0 Å². The average molecular weight is 124 g/mol. The van der Waals surface area contributed by atoms with Crippen LogP contribution in [0.4, 0.5) is 0 Å². The summed E-state index contributed by atoms with van der Waals surface area (Å²) in [5.41, 5.74) is 0. The summed E-state index contributed by atoms with van der Waals surface area (Å²) in [6.45, 7) is 2.35. The molecule has 0 aromatic heterocycles. The SMILES string of the molecule is CCC1CCC1C1CC1. The molecule has 2 unspecified atom stereocenters. The Bertz CT molecular complexity index is 101. The number of hydrogen-bond donors (Lipinski definition) is 0. The Labute approximate surface area is 57.6 Å². The van der Waals surface area contributed by atoms with Crippen molar-refractivity contribution in [1.29, 1.82) is 0 Å². The smallest absolute Gasteiger partial charge is 0.0357 e. The second-order valence-corrected chi connectivity index (χ2v) is 3.75. The van der Waals surface area contributed by atoms with Gasteiger partial charge in [0.05, 0.1) is 0 Å². The molecule has 2 aliphatic carbocycles. The molecule has 0 heteroatoms. The largest absolute Gasteiger partial charge is 0.0651 e. The highest BCUT2D eigenvalue weighted by molar-refractivity contribution is 4.91. The van der Waals surface area contributed by atoms with Crippen molar-refractivity contribution in [3.63, 3.8) is 0 Å². The molecule has 0 bridgehead atoms. The van der Waals surface area contributed by atoms with Crippen LogP contribution in [-0.4, -0.2) is 0 Å². The molecule has 0 N–H and O–H groups in total. The van der Waals surface area contributed by atoms with Crippen LogP contribution in [0.5, 0.6) is 0 Å². The van der Waals surface area contributed by atoms with Crippen LogP contribution in [0.2, 0.25) is 0 Å². The maximum atomic E-state index is 2.35. The molecule has 2 fully saturated rings. The van der Waals surface area contributed by atoms with Crippen LogP contribution in [0.3, 0.4) is 0 Å². The lowest BCUT2D eigenvalue weighted by Crippen LogP contribution is -2.26. The first-order valence-corrected chi connectivity index (χ1v) is 4.42. The molecule has 2 saturated carbocycles. The first kappa shape index (κ1) is 5.76. The van der Waals surface area contributed by atoms with E-state index in [1.165, 1.54) is 24.7 Å². The van der Waals surface area contributed by atoms with Gasteiger partial charge in [0.25, 0.3) is 0 Å². The number of hydrogen-bond acceptors (Lipinski definition) is 0. The topological polar surface area (TPSA) is 0 Å². The van der Waals surface area contributed by atoms with Gasteiger partial charge >= 0.3 is 0 Å². The van der Waals surface area contributed by atoms with Gasteiger partial charge in [-0.3, -0.25) is 0 Å².